The molecule has 0 saturated heterocycles. The molecule has 0 aliphatic rings. The minimum atomic E-state index is 0.368. The predicted octanol–water partition coefficient (Wildman–Crippen LogP) is 3.23. The smallest absolute Gasteiger partial charge is 0.219 e. The zero-order chi connectivity index (χ0) is 15.2. The van der Waals surface area contributed by atoms with Gasteiger partial charge in [-0.2, -0.15) is 5.10 Å². The molecule has 5 heteroatoms. The topological polar surface area (TPSA) is 52.0 Å². The summed E-state index contributed by atoms with van der Waals surface area (Å²) < 4.78 is 7.53. The van der Waals surface area contributed by atoms with E-state index in [0.717, 1.165) is 25.2 Å². The van der Waals surface area contributed by atoms with Crippen LogP contribution in [0, 0.1) is 0 Å². The van der Waals surface area contributed by atoms with Crippen molar-refractivity contribution in [1.82, 2.24) is 20.1 Å². The molecule has 0 spiro atoms. The number of aryl methyl sites for hydroxylation is 1. The summed E-state index contributed by atoms with van der Waals surface area (Å²) in [5.41, 5.74) is 2.24. The minimum absolute atomic E-state index is 0.368. The second-order valence-electron chi connectivity index (χ2n) is 5.52. The van der Waals surface area contributed by atoms with Crippen LogP contribution in [0.25, 0.3) is 0 Å². The van der Waals surface area contributed by atoms with Crippen molar-refractivity contribution in [3.63, 3.8) is 0 Å². The lowest BCUT2D eigenvalue weighted by Crippen LogP contribution is -2.14. The summed E-state index contributed by atoms with van der Waals surface area (Å²) in [7, 11) is 1.87. The molecule has 0 unspecified atom stereocenters. The lowest BCUT2D eigenvalue weighted by Gasteiger charge is -2.11. The Kier molecular flexibility index (Phi) is 5.33. The van der Waals surface area contributed by atoms with Crippen LogP contribution in [0.15, 0.2) is 24.5 Å². The van der Waals surface area contributed by atoms with Crippen LogP contribution in [0.4, 0.5) is 0 Å². The van der Waals surface area contributed by atoms with Gasteiger partial charge in [0.15, 0.2) is 5.75 Å². The molecule has 0 atom stereocenters. The van der Waals surface area contributed by atoms with Crippen LogP contribution in [-0.2, 0) is 13.6 Å². The Morgan fingerprint density at radius 1 is 1.33 bits per heavy atom. The Morgan fingerprint density at radius 2 is 2.14 bits per heavy atom. The van der Waals surface area contributed by atoms with Gasteiger partial charge in [0.25, 0.3) is 0 Å². The number of nitrogens with one attached hydrogen (secondary N) is 1. The van der Waals surface area contributed by atoms with E-state index in [-0.39, 0.29) is 0 Å². The molecule has 0 aliphatic heterocycles. The molecule has 2 aromatic rings. The van der Waals surface area contributed by atoms with E-state index in [1.807, 2.05) is 19.3 Å². The maximum Gasteiger partial charge on any atom is 0.219 e. The zero-order valence-corrected chi connectivity index (χ0v) is 13.3. The molecule has 2 rings (SSSR count). The number of hydrogen-bond donors (Lipinski definition) is 1. The molecule has 0 fully saturated rings. The SMILES string of the molecule is CCCNCc1cc(Oc2cnn(C)c2)nc(C(C)C)c1. The van der Waals surface area contributed by atoms with Gasteiger partial charge in [0.2, 0.25) is 5.88 Å². The fourth-order valence-electron chi connectivity index (χ4n) is 2.01. The van der Waals surface area contributed by atoms with E-state index in [9.17, 15) is 0 Å². The van der Waals surface area contributed by atoms with Gasteiger partial charge in [0, 0.05) is 25.4 Å². The van der Waals surface area contributed by atoms with Gasteiger partial charge in [-0.05, 0) is 30.5 Å². The molecule has 0 aliphatic carbocycles. The molecule has 21 heavy (non-hydrogen) atoms. The van der Waals surface area contributed by atoms with Crippen LogP contribution in [0.2, 0.25) is 0 Å². The van der Waals surface area contributed by atoms with E-state index in [0.29, 0.717) is 17.5 Å². The van der Waals surface area contributed by atoms with Crippen LogP contribution in [0.5, 0.6) is 11.6 Å². The zero-order valence-electron chi connectivity index (χ0n) is 13.3. The summed E-state index contributed by atoms with van der Waals surface area (Å²) in [6.45, 7) is 8.28. The van der Waals surface area contributed by atoms with Crippen molar-refractivity contribution in [3.8, 4) is 11.6 Å². The first-order valence-electron chi connectivity index (χ1n) is 7.46. The number of ether oxygens (including phenoxy) is 1. The van der Waals surface area contributed by atoms with Gasteiger partial charge in [0.1, 0.15) is 0 Å². The summed E-state index contributed by atoms with van der Waals surface area (Å²) in [6, 6.07) is 4.13. The fraction of sp³-hybridized carbons (Fsp3) is 0.500. The Morgan fingerprint density at radius 3 is 2.76 bits per heavy atom. The monoisotopic (exact) mass is 288 g/mol. The lowest BCUT2D eigenvalue weighted by atomic mass is 10.1. The van der Waals surface area contributed by atoms with Gasteiger partial charge < -0.3 is 10.1 Å². The largest absolute Gasteiger partial charge is 0.436 e. The molecule has 1 N–H and O–H groups in total. The summed E-state index contributed by atoms with van der Waals surface area (Å²) >= 11 is 0. The van der Waals surface area contributed by atoms with Crippen molar-refractivity contribution in [2.45, 2.75) is 39.7 Å². The van der Waals surface area contributed by atoms with Crippen molar-refractivity contribution in [2.75, 3.05) is 6.54 Å². The number of pyridine rings is 1. The lowest BCUT2D eigenvalue weighted by molar-refractivity contribution is 0.457. The second kappa shape index (κ2) is 7.22. The number of nitrogens with zero attached hydrogens (tertiary/aromatic N) is 3. The third-order valence-electron chi connectivity index (χ3n) is 3.13. The van der Waals surface area contributed by atoms with Crippen molar-refractivity contribution in [3.05, 3.63) is 35.8 Å². The Labute approximate surface area is 126 Å². The van der Waals surface area contributed by atoms with Crippen molar-refractivity contribution in [1.29, 1.82) is 0 Å². The van der Waals surface area contributed by atoms with Crippen LogP contribution in [-0.4, -0.2) is 21.3 Å². The molecule has 0 amide bonds. The standard InChI is InChI=1S/C16H24N4O/c1-5-6-17-9-13-7-15(12(2)3)19-16(8-13)21-14-10-18-20(4)11-14/h7-8,10-12,17H,5-6,9H2,1-4H3. The highest BCUT2D eigenvalue weighted by atomic mass is 16.5. The first-order valence-corrected chi connectivity index (χ1v) is 7.46. The predicted molar refractivity (Wildman–Crippen MR) is 83.6 cm³/mol. The summed E-state index contributed by atoms with van der Waals surface area (Å²) in [4.78, 5) is 4.58. The summed E-state index contributed by atoms with van der Waals surface area (Å²) in [6.07, 6.45) is 4.65. The number of hydrogen-bond acceptors (Lipinski definition) is 4. The van der Waals surface area contributed by atoms with Gasteiger partial charge in [-0.1, -0.05) is 20.8 Å². The first-order chi connectivity index (χ1) is 10.1. The van der Waals surface area contributed by atoms with Crippen LogP contribution >= 0.6 is 0 Å². The van der Waals surface area contributed by atoms with Crippen molar-refractivity contribution in [2.24, 2.45) is 7.05 Å². The van der Waals surface area contributed by atoms with Gasteiger partial charge in [0.05, 0.1) is 12.4 Å². The van der Waals surface area contributed by atoms with Crippen LogP contribution in [0.1, 0.15) is 44.4 Å². The van der Waals surface area contributed by atoms with E-state index < -0.39 is 0 Å². The van der Waals surface area contributed by atoms with Gasteiger partial charge >= 0.3 is 0 Å². The second-order valence-corrected chi connectivity index (χ2v) is 5.52. The van der Waals surface area contributed by atoms with Crippen LogP contribution < -0.4 is 10.1 Å². The normalized spacial score (nSPS) is 11.1. The molecular weight excluding hydrogens is 264 g/mol. The summed E-state index contributed by atoms with van der Waals surface area (Å²) in [5, 5.41) is 7.52. The average molecular weight is 288 g/mol. The molecule has 5 nitrogen and oxygen atoms in total. The first kappa shape index (κ1) is 15.5. The average Bonchev–Trinajstić information content (AvgIpc) is 2.84. The fourth-order valence-corrected chi connectivity index (χ4v) is 2.01. The molecule has 0 aromatic carbocycles. The molecule has 0 bridgehead atoms. The highest BCUT2D eigenvalue weighted by Crippen LogP contribution is 2.23. The maximum absolute atomic E-state index is 5.81. The minimum Gasteiger partial charge on any atom is -0.436 e. The van der Waals surface area contributed by atoms with Crippen molar-refractivity contribution >= 4 is 0 Å². The number of rotatable bonds is 7. The molecular formula is C16H24N4O. The molecule has 2 heterocycles. The Balaban J connectivity index is 2.18. The van der Waals surface area contributed by atoms with Gasteiger partial charge in [-0.25, -0.2) is 4.98 Å². The van der Waals surface area contributed by atoms with Gasteiger partial charge in [-0.3, -0.25) is 4.68 Å². The quantitative estimate of drug-likeness (QED) is 0.795. The van der Waals surface area contributed by atoms with Crippen LogP contribution in [0.3, 0.4) is 0 Å². The summed E-state index contributed by atoms with van der Waals surface area (Å²) in [5.74, 6) is 1.70. The Hall–Kier alpha value is -1.88. The van der Waals surface area contributed by atoms with E-state index in [1.54, 1.807) is 10.9 Å². The van der Waals surface area contributed by atoms with E-state index >= 15 is 0 Å². The molecule has 2 aromatic heterocycles. The Bertz CT molecular complexity index is 577. The molecule has 0 saturated carbocycles. The maximum atomic E-state index is 5.81. The highest BCUT2D eigenvalue weighted by Gasteiger charge is 2.09. The molecule has 0 radical (unpaired) electrons. The number of aromatic nitrogens is 3. The van der Waals surface area contributed by atoms with Gasteiger partial charge in [-0.15, -0.1) is 0 Å². The molecule has 114 valence electrons. The highest BCUT2D eigenvalue weighted by molar-refractivity contribution is 5.29. The van der Waals surface area contributed by atoms with E-state index in [4.69, 9.17) is 4.74 Å². The van der Waals surface area contributed by atoms with E-state index in [2.05, 4.69) is 42.2 Å². The van der Waals surface area contributed by atoms with E-state index in [1.165, 1.54) is 5.56 Å². The third-order valence-corrected chi connectivity index (χ3v) is 3.13. The van der Waals surface area contributed by atoms with Crippen molar-refractivity contribution < 1.29 is 4.74 Å². The third kappa shape index (κ3) is 4.56.